The summed E-state index contributed by atoms with van der Waals surface area (Å²) in [5, 5.41) is 4.24. The highest BCUT2D eigenvalue weighted by atomic mass is 16.2. The maximum atomic E-state index is 13.0. The number of amides is 1. The third-order valence-corrected chi connectivity index (χ3v) is 5.21. The number of benzene rings is 1. The number of carbonyl (C=O) groups excluding carboxylic acids is 1. The third-order valence-electron chi connectivity index (χ3n) is 5.21. The Hall–Kier alpha value is -2.74. The number of hydrogen-bond donors (Lipinski definition) is 0. The van der Waals surface area contributed by atoms with Crippen LogP contribution < -0.4 is 0 Å². The van der Waals surface area contributed by atoms with E-state index in [2.05, 4.69) is 26.9 Å². The molecule has 0 unspecified atom stereocenters. The molecule has 1 amide bonds. The average molecular weight is 367 g/mol. The fraction of sp³-hybridized carbons (Fsp3) is 0.474. The van der Waals surface area contributed by atoms with Gasteiger partial charge >= 0.3 is 0 Å². The molecule has 0 saturated carbocycles. The number of aryl methyl sites for hydroxylation is 2. The van der Waals surface area contributed by atoms with Crippen molar-refractivity contribution >= 4 is 16.9 Å². The van der Waals surface area contributed by atoms with Gasteiger partial charge in [0.2, 0.25) is 0 Å². The predicted molar refractivity (Wildman–Crippen MR) is 102 cm³/mol. The minimum absolute atomic E-state index is 0.0844. The molecule has 0 spiro atoms. The summed E-state index contributed by atoms with van der Waals surface area (Å²) >= 11 is 0. The van der Waals surface area contributed by atoms with Crippen LogP contribution in [0, 0.1) is 0 Å². The standard InChI is InChI=1S/C19H25N7O/c1-3-26-18(20-13-22-26)12-24-7-4-8-25(10-9-24)19(27)15-5-6-17-16(11-15)21-14-23(17)2/h5-6,11,13-14H,3-4,7-10,12H2,1-2H3. The molecule has 2 aromatic heterocycles. The summed E-state index contributed by atoms with van der Waals surface area (Å²) in [4.78, 5) is 26.0. The Morgan fingerprint density at radius 3 is 2.89 bits per heavy atom. The molecule has 1 aliphatic rings. The molecule has 3 heterocycles. The van der Waals surface area contributed by atoms with Crippen LogP contribution in [-0.2, 0) is 20.1 Å². The third kappa shape index (κ3) is 3.57. The molecule has 4 rings (SSSR count). The highest BCUT2D eigenvalue weighted by molar-refractivity contribution is 5.97. The zero-order valence-corrected chi connectivity index (χ0v) is 15.9. The first-order valence-electron chi connectivity index (χ1n) is 9.45. The lowest BCUT2D eigenvalue weighted by atomic mass is 10.1. The van der Waals surface area contributed by atoms with E-state index in [4.69, 9.17) is 0 Å². The number of fused-ring (bicyclic) bond motifs is 1. The molecule has 1 fully saturated rings. The van der Waals surface area contributed by atoms with Crippen molar-refractivity contribution in [3.05, 3.63) is 42.2 Å². The van der Waals surface area contributed by atoms with Crippen molar-refractivity contribution in [1.29, 1.82) is 0 Å². The molecule has 27 heavy (non-hydrogen) atoms. The topological polar surface area (TPSA) is 72.1 Å². The minimum Gasteiger partial charge on any atom is -0.337 e. The molecular weight excluding hydrogens is 342 g/mol. The maximum absolute atomic E-state index is 13.0. The number of aromatic nitrogens is 5. The molecular formula is C19H25N7O. The normalized spacial score (nSPS) is 16.0. The van der Waals surface area contributed by atoms with Crippen LogP contribution in [0.25, 0.3) is 11.0 Å². The number of nitrogens with zero attached hydrogens (tertiary/aromatic N) is 7. The van der Waals surface area contributed by atoms with Crippen LogP contribution in [0.2, 0.25) is 0 Å². The van der Waals surface area contributed by atoms with E-state index in [0.29, 0.717) is 5.56 Å². The Morgan fingerprint density at radius 2 is 2.04 bits per heavy atom. The van der Waals surface area contributed by atoms with Gasteiger partial charge in [0.15, 0.2) is 0 Å². The zero-order valence-electron chi connectivity index (χ0n) is 15.9. The van der Waals surface area contributed by atoms with E-state index in [9.17, 15) is 4.79 Å². The Morgan fingerprint density at radius 1 is 1.15 bits per heavy atom. The number of rotatable bonds is 4. The van der Waals surface area contributed by atoms with E-state index >= 15 is 0 Å². The zero-order chi connectivity index (χ0) is 18.8. The summed E-state index contributed by atoms with van der Waals surface area (Å²) in [6, 6.07) is 5.76. The molecule has 8 nitrogen and oxygen atoms in total. The van der Waals surface area contributed by atoms with Gasteiger partial charge in [-0.2, -0.15) is 5.10 Å². The van der Waals surface area contributed by atoms with Gasteiger partial charge in [0.1, 0.15) is 12.2 Å². The summed E-state index contributed by atoms with van der Waals surface area (Å²) in [5.74, 6) is 1.07. The van der Waals surface area contributed by atoms with Gasteiger partial charge in [0.05, 0.1) is 23.9 Å². The van der Waals surface area contributed by atoms with E-state index in [1.807, 2.05) is 39.4 Å². The van der Waals surface area contributed by atoms with Gasteiger partial charge in [-0.3, -0.25) is 9.69 Å². The van der Waals surface area contributed by atoms with E-state index in [1.54, 1.807) is 12.7 Å². The molecule has 0 aliphatic carbocycles. The molecule has 1 saturated heterocycles. The molecule has 142 valence electrons. The van der Waals surface area contributed by atoms with Crippen LogP contribution in [0.3, 0.4) is 0 Å². The van der Waals surface area contributed by atoms with Crippen molar-refractivity contribution in [3.8, 4) is 0 Å². The lowest BCUT2D eigenvalue weighted by molar-refractivity contribution is 0.0761. The second-order valence-corrected chi connectivity index (χ2v) is 6.97. The van der Waals surface area contributed by atoms with Gasteiger partial charge in [-0.1, -0.05) is 0 Å². The van der Waals surface area contributed by atoms with Crippen molar-refractivity contribution in [1.82, 2.24) is 34.1 Å². The number of hydrogen-bond acceptors (Lipinski definition) is 5. The monoisotopic (exact) mass is 367 g/mol. The van der Waals surface area contributed by atoms with Crippen molar-refractivity contribution in [3.63, 3.8) is 0 Å². The molecule has 0 bridgehead atoms. The Labute approximate surface area is 158 Å². The van der Waals surface area contributed by atoms with Crippen LogP contribution in [0.4, 0.5) is 0 Å². The quantitative estimate of drug-likeness (QED) is 0.699. The molecule has 0 N–H and O–H groups in total. The summed E-state index contributed by atoms with van der Waals surface area (Å²) in [5.41, 5.74) is 2.60. The second kappa shape index (κ2) is 7.48. The average Bonchev–Trinajstić information content (AvgIpc) is 3.21. The van der Waals surface area contributed by atoms with Crippen LogP contribution in [0.1, 0.15) is 29.5 Å². The van der Waals surface area contributed by atoms with Gasteiger partial charge in [0.25, 0.3) is 5.91 Å². The van der Waals surface area contributed by atoms with E-state index in [1.165, 1.54) is 0 Å². The summed E-state index contributed by atoms with van der Waals surface area (Å²) < 4.78 is 3.89. The summed E-state index contributed by atoms with van der Waals surface area (Å²) in [7, 11) is 1.96. The fourth-order valence-corrected chi connectivity index (χ4v) is 3.66. The van der Waals surface area contributed by atoms with Crippen molar-refractivity contribution in [2.75, 3.05) is 26.2 Å². The minimum atomic E-state index is 0.0844. The van der Waals surface area contributed by atoms with Crippen LogP contribution in [0.15, 0.2) is 30.9 Å². The van der Waals surface area contributed by atoms with Crippen molar-refractivity contribution < 1.29 is 4.79 Å². The van der Waals surface area contributed by atoms with Gasteiger partial charge < -0.3 is 9.47 Å². The first-order chi connectivity index (χ1) is 13.2. The van der Waals surface area contributed by atoms with Crippen molar-refractivity contribution in [2.24, 2.45) is 7.05 Å². The van der Waals surface area contributed by atoms with E-state index < -0.39 is 0 Å². The molecule has 8 heteroatoms. The molecule has 0 atom stereocenters. The van der Waals surface area contributed by atoms with Gasteiger partial charge in [0, 0.05) is 45.3 Å². The number of carbonyl (C=O) groups is 1. The second-order valence-electron chi connectivity index (χ2n) is 6.97. The molecule has 3 aromatic rings. The van der Waals surface area contributed by atoms with Crippen LogP contribution >= 0.6 is 0 Å². The van der Waals surface area contributed by atoms with E-state index in [0.717, 1.165) is 62.5 Å². The fourth-order valence-electron chi connectivity index (χ4n) is 3.66. The highest BCUT2D eigenvalue weighted by Gasteiger charge is 2.21. The number of imidazole rings is 1. The molecule has 1 aromatic carbocycles. The first kappa shape index (κ1) is 17.7. The Bertz CT molecular complexity index is 945. The van der Waals surface area contributed by atoms with E-state index in [-0.39, 0.29) is 5.91 Å². The van der Waals surface area contributed by atoms with Crippen molar-refractivity contribution in [2.45, 2.75) is 26.4 Å². The van der Waals surface area contributed by atoms with Crippen LogP contribution in [0.5, 0.6) is 0 Å². The lowest BCUT2D eigenvalue weighted by Gasteiger charge is -2.22. The molecule has 1 aliphatic heterocycles. The van der Waals surface area contributed by atoms with Gasteiger partial charge in [-0.25, -0.2) is 14.6 Å². The van der Waals surface area contributed by atoms with Crippen LogP contribution in [-0.4, -0.2) is 66.2 Å². The SMILES string of the molecule is CCn1ncnc1CN1CCCN(C(=O)c2ccc3c(c2)ncn3C)CC1. The largest absolute Gasteiger partial charge is 0.337 e. The Balaban J connectivity index is 1.43. The predicted octanol–water partition coefficient (Wildman–Crippen LogP) is 1.53. The summed E-state index contributed by atoms with van der Waals surface area (Å²) in [6.45, 7) is 6.96. The van der Waals surface area contributed by atoms with Gasteiger partial charge in [-0.05, 0) is 31.5 Å². The summed E-state index contributed by atoms with van der Waals surface area (Å²) in [6.07, 6.45) is 4.34. The molecule has 0 radical (unpaired) electrons. The lowest BCUT2D eigenvalue weighted by Crippen LogP contribution is -2.35. The van der Waals surface area contributed by atoms with Gasteiger partial charge in [-0.15, -0.1) is 0 Å². The first-order valence-corrected chi connectivity index (χ1v) is 9.45. The Kier molecular flexibility index (Phi) is 4.89. The highest BCUT2D eigenvalue weighted by Crippen LogP contribution is 2.17. The maximum Gasteiger partial charge on any atom is 0.253 e. The smallest absolute Gasteiger partial charge is 0.253 e.